The quantitative estimate of drug-likeness (QED) is 0.798. The van der Waals surface area contributed by atoms with Crippen LogP contribution >= 0.6 is 0 Å². The molecule has 0 fully saturated rings. The van der Waals surface area contributed by atoms with Crippen LogP contribution in [-0.2, 0) is 4.79 Å². The number of carbonyl (C=O) groups is 2. The molecule has 2 unspecified atom stereocenters. The third-order valence-corrected chi connectivity index (χ3v) is 5.29. The van der Waals surface area contributed by atoms with Crippen LogP contribution in [0.2, 0.25) is 0 Å². The Morgan fingerprint density at radius 1 is 1.24 bits per heavy atom. The molecule has 0 bridgehead atoms. The molecule has 6 nitrogen and oxygen atoms in total. The lowest BCUT2D eigenvalue weighted by molar-refractivity contribution is -0.124. The van der Waals surface area contributed by atoms with E-state index in [1.165, 1.54) is 0 Å². The molecule has 0 saturated heterocycles. The van der Waals surface area contributed by atoms with Crippen LogP contribution in [0.3, 0.4) is 0 Å². The largest absolute Gasteiger partial charge is 0.454 e. The highest BCUT2D eigenvalue weighted by Gasteiger charge is 2.44. The van der Waals surface area contributed by atoms with Crippen LogP contribution in [0.5, 0.6) is 11.5 Å². The van der Waals surface area contributed by atoms with Crippen molar-refractivity contribution < 1.29 is 19.1 Å². The van der Waals surface area contributed by atoms with E-state index in [4.69, 9.17) is 15.9 Å². The molecule has 2 atom stereocenters. The zero-order valence-corrected chi connectivity index (χ0v) is 16.2. The lowest BCUT2D eigenvalue weighted by Gasteiger charge is -2.41. The van der Waals surface area contributed by atoms with Gasteiger partial charge in [-0.1, -0.05) is 37.1 Å². The van der Waals surface area contributed by atoms with Crippen molar-refractivity contribution in [3.8, 4) is 23.8 Å². The van der Waals surface area contributed by atoms with Crippen molar-refractivity contribution in [1.82, 2.24) is 10.2 Å². The maximum absolute atomic E-state index is 13.3. The van der Waals surface area contributed by atoms with Crippen molar-refractivity contribution in [3.63, 3.8) is 0 Å². The summed E-state index contributed by atoms with van der Waals surface area (Å²) in [5.41, 5.74) is 2.09. The van der Waals surface area contributed by atoms with E-state index in [1.807, 2.05) is 43.3 Å². The Labute approximate surface area is 169 Å². The Morgan fingerprint density at radius 2 is 2.03 bits per heavy atom. The number of benzene rings is 2. The first kappa shape index (κ1) is 18.9. The fourth-order valence-electron chi connectivity index (χ4n) is 4.08. The van der Waals surface area contributed by atoms with Gasteiger partial charge in [0.05, 0.1) is 18.5 Å². The maximum Gasteiger partial charge on any atom is 0.254 e. The van der Waals surface area contributed by atoms with E-state index in [0.717, 1.165) is 12.0 Å². The number of hydrogen-bond acceptors (Lipinski definition) is 4. The first-order valence-corrected chi connectivity index (χ1v) is 9.66. The van der Waals surface area contributed by atoms with E-state index in [9.17, 15) is 9.59 Å². The second-order valence-electron chi connectivity index (χ2n) is 7.04. The van der Waals surface area contributed by atoms with Crippen LogP contribution in [0.25, 0.3) is 0 Å². The predicted octanol–water partition coefficient (Wildman–Crippen LogP) is 2.86. The zero-order chi connectivity index (χ0) is 20.4. The van der Waals surface area contributed by atoms with Gasteiger partial charge in [0.2, 0.25) is 12.7 Å². The highest BCUT2D eigenvalue weighted by Crippen LogP contribution is 2.45. The Morgan fingerprint density at radius 3 is 2.83 bits per heavy atom. The lowest BCUT2D eigenvalue weighted by Crippen LogP contribution is -2.47. The number of terminal acetylenes is 1. The van der Waals surface area contributed by atoms with E-state index in [1.54, 1.807) is 11.0 Å². The van der Waals surface area contributed by atoms with Gasteiger partial charge in [0, 0.05) is 12.1 Å². The number of fused-ring (bicyclic) bond motifs is 2. The Kier molecular flexibility index (Phi) is 5.13. The summed E-state index contributed by atoms with van der Waals surface area (Å²) in [6.45, 7) is 2.84. The fraction of sp³-hybridized carbons (Fsp3) is 0.304. The smallest absolute Gasteiger partial charge is 0.254 e. The van der Waals surface area contributed by atoms with Crippen LogP contribution in [0.15, 0.2) is 42.5 Å². The van der Waals surface area contributed by atoms with Gasteiger partial charge in [0.1, 0.15) is 0 Å². The molecule has 2 aromatic carbocycles. The summed E-state index contributed by atoms with van der Waals surface area (Å²) in [6.07, 6.45) is 6.12. The molecule has 29 heavy (non-hydrogen) atoms. The number of nitrogens with one attached hydrogen (secondary N) is 1. The SMILES string of the molecule is C#CCNC(=O)C1c2ccccc2C(=O)N(CCC)C1c1ccc2c(c1)OCO2. The number of ether oxygens (including phenoxy) is 2. The highest BCUT2D eigenvalue weighted by atomic mass is 16.7. The first-order chi connectivity index (χ1) is 14.2. The monoisotopic (exact) mass is 390 g/mol. The average Bonchev–Trinajstić information content (AvgIpc) is 3.21. The van der Waals surface area contributed by atoms with Crippen LogP contribution in [0, 0.1) is 12.3 Å². The van der Waals surface area contributed by atoms with Crippen molar-refractivity contribution in [2.45, 2.75) is 25.3 Å². The third kappa shape index (κ3) is 3.29. The molecule has 2 heterocycles. The van der Waals surface area contributed by atoms with E-state index < -0.39 is 12.0 Å². The summed E-state index contributed by atoms with van der Waals surface area (Å²) in [4.78, 5) is 28.3. The molecular formula is C23H22N2O4. The Balaban J connectivity index is 1.86. The molecule has 1 N–H and O–H groups in total. The van der Waals surface area contributed by atoms with Crippen molar-refractivity contribution in [2.24, 2.45) is 0 Å². The molecule has 0 spiro atoms. The number of rotatable bonds is 5. The molecule has 6 heteroatoms. The van der Waals surface area contributed by atoms with Gasteiger partial charge < -0.3 is 19.7 Å². The highest BCUT2D eigenvalue weighted by molar-refractivity contribution is 6.01. The molecule has 2 amide bonds. The third-order valence-electron chi connectivity index (χ3n) is 5.29. The molecule has 2 aromatic rings. The molecule has 148 valence electrons. The molecule has 0 aromatic heterocycles. The number of hydrogen-bond donors (Lipinski definition) is 1. The van der Waals surface area contributed by atoms with E-state index in [-0.39, 0.29) is 25.2 Å². The van der Waals surface area contributed by atoms with Gasteiger partial charge in [-0.3, -0.25) is 9.59 Å². The molecule has 0 aliphatic carbocycles. The van der Waals surface area contributed by atoms with Crippen LogP contribution < -0.4 is 14.8 Å². The van der Waals surface area contributed by atoms with Gasteiger partial charge >= 0.3 is 0 Å². The Hall–Kier alpha value is -3.46. The summed E-state index contributed by atoms with van der Waals surface area (Å²) in [5.74, 6) is 2.86. The summed E-state index contributed by atoms with van der Waals surface area (Å²) >= 11 is 0. The van der Waals surface area contributed by atoms with Crippen molar-refractivity contribution in [3.05, 3.63) is 59.2 Å². The molecule has 2 aliphatic heterocycles. The minimum atomic E-state index is -0.579. The summed E-state index contributed by atoms with van der Waals surface area (Å²) < 4.78 is 10.9. The molecule has 0 radical (unpaired) electrons. The minimum absolute atomic E-state index is 0.0777. The van der Waals surface area contributed by atoms with Crippen LogP contribution in [-0.4, -0.2) is 36.6 Å². The fourth-order valence-corrected chi connectivity index (χ4v) is 4.08. The molecule has 0 saturated carbocycles. The summed E-state index contributed by atoms with van der Waals surface area (Å²) in [5, 5.41) is 2.80. The zero-order valence-electron chi connectivity index (χ0n) is 16.2. The Bertz CT molecular complexity index is 995. The minimum Gasteiger partial charge on any atom is -0.454 e. The maximum atomic E-state index is 13.3. The standard InChI is InChI=1S/C23H22N2O4/c1-3-11-24-22(26)20-16-7-5-6-8-17(16)23(27)25(12-4-2)21(20)15-9-10-18-19(13-15)29-14-28-18/h1,5-10,13,20-21H,4,11-12,14H2,2H3,(H,24,26). The van der Waals surface area contributed by atoms with Crippen LogP contribution in [0.4, 0.5) is 0 Å². The van der Waals surface area contributed by atoms with E-state index in [0.29, 0.717) is 29.2 Å². The van der Waals surface area contributed by atoms with Crippen LogP contribution in [0.1, 0.15) is 46.8 Å². The summed E-state index contributed by atoms with van der Waals surface area (Å²) in [7, 11) is 0. The molecular weight excluding hydrogens is 368 g/mol. The van der Waals surface area contributed by atoms with Crippen molar-refractivity contribution in [1.29, 1.82) is 0 Å². The number of amides is 2. The van der Waals surface area contributed by atoms with Gasteiger partial charge in [-0.25, -0.2) is 0 Å². The van der Waals surface area contributed by atoms with Crippen molar-refractivity contribution in [2.75, 3.05) is 19.9 Å². The second-order valence-corrected chi connectivity index (χ2v) is 7.04. The number of nitrogens with zero attached hydrogens (tertiary/aromatic N) is 1. The van der Waals surface area contributed by atoms with Gasteiger partial charge in [0.25, 0.3) is 5.91 Å². The second kappa shape index (κ2) is 7.88. The average molecular weight is 390 g/mol. The number of carbonyl (C=O) groups excluding carboxylic acids is 2. The summed E-state index contributed by atoms with van der Waals surface area (Å²) in [6, 6.07) is 12.4. The molecule has 4 rings (SSSR count). The molecule has 2 aliphatic rings. The lowest BCUT2D eigenvalue weighted by atomic mass is 9.79. The van der Waals surface area contributed by atoms with E-state index in [2.05, 4.69) is 11.2 Å². The predicted molar refractivity (Wildman–Crippen MR) is 108 cm³/mol. The topological polar surface area (TPSA) is 67.9 Å². The van der Waals surface area contributed by atoms with E-state index >= 15 is 0 Å². The van der Waals surface area contributed by atoms with Crippen molar-refractivity contribution >= 4 is 11.8 Å². The van der Waals surface area contributed by atoms with Gasteiger partial charge in [-0.15, -0.1) is 6.42 Å². The van der Waals surface area contributed by atoms with Gasteiger partial charge in [-0.05, 0) is 35.7 Å². The normalized spacial score (nSPS) is 19.4. The van der Waals surface area contributed by atoms with Gasteiger partial charge in [-0.2, -0.15) is 0 Å². The first-order valence-electron chi connectivity index (χ1n) is 9.66. The van der Waals surface area contributed by atoms with Gasteiger partial charge in [0.15, 0.2) is 11.5 Å².